The molecule has 3 aromatic rings. The summed E-state index contributed by atoms with van der Waals surface area (Å²) in [7, 11) is 0. The van der Waals surface area contributed by atoms with E-state index in [2.05, 4.69) is 15.3 Å². The maximum Gasteiger partial charge on any atom is 0.321 e. The number of aromatic nitrogens is 3. The van der Waals surface area contributed by atoms with Crippen LogP contribution in [0.25, 0.3) is 11.0 Å². The second-order valence-electron chi connectivity index (χ2n) is 7.12. The monoisotopic (exact) mass is 421 g/mol. The van der Waals surface area contributed by atoms with Gasteiger partial charge in [0.05, 0.1) is 16.9 Å². The van der Waals surface area contributed by atoms with Crippen molar-refractivity contribution in [2.75, 3.05) is 36.4 Å². The molecule has 0 atom stereocenters. The number of amides is 2. The van der Waals surface area contributed by atoms with Crippen LogP contribution in [0.2, 0.25) is 0 Å². The van der Waals surface area contributed by atoms with Gasteiger partial charge in [-0.1, -0.05) is 18.2 Å². The molecule has 1 aliphatic heterocycles. The number of para-hydroxylation sites is 1. The third-order valence-corrected chi connectivity index (χ3v) is 5.24. The smallest absolute Gasteiger partial charge is 0.321 e. The number of aromatic carboxylic acids is 1. The van der Waals surface area contributed by atoms with Crippen LogP contribution in [0.3, 0.4) is 0 Å². The number of nitrogens with zero attached hydrogens (tertiary/aromatic N) is 5. The molecule has 1 aliphatic rings. The molecule has 1 saturated heterocycles. The van der Waals surface area contributed by atoms with Crippen molar-refractivity contribution in [3.05, 3.63) is 58.5 Å². The summed E-state index contributed by atoms with van der Waals surface area (Å²) in [4.78, 5) is 48.6. The summed E-state index contributed by atoms with van der Waals surface area (Å²) in [5.74, 6) is -1.10. The molecule has 1 aromatic carbocycles. The molecule has 4 rings (SSSR count). The maximum absolute atomic E-state index is 12.5. The second kappa shape index (κ2) is 8.42. The van der Waals surface area contributed by atoms with Crippen LogP contribution in [-0.4, -0.2) is 57.6 Å². The molecule has 0 spiro atoms. The topological polar surface area (TPSA) is 123 Å². The van der Waals surface area contributed by atoms with Crippen molar-refractivity contribution in [1.29, 1.82) is 0 Å². The van der Waals surface area contributed by atoms with Gasteiger partial charge in [0.25, 0.3) is 0 Å². The molecule has 10 nitrogen and oxygen atoms in total. The predicted octanol–water partition coefficient (Wildman–Crippen LogP) is 0.529. The molecule has 2 aromatic heterocycles. The molecule has 3 heterocycles. The van der Waals surface area contributed by atoms with Gasteiger partial charge in [-0.2, -0.15) is 4.98 Å². The van der Waals surface area contributed by atoms with Crippen LogP contribution < -0.4 is 20.8 Å². The number of carboxylic acids is 1. The standard InChI is InChI=1S/C21H22N6O4/c1-2-25-13-16(19(29)30)17(28)15-12-22-20(24-18(15)25)26-8-10-27(11-9-26)21(31)23-14-6-4-3-5-7-14/h3-7,12-13H,2,8-11H2,1H3,(H,23,31)(H,29,30)/p-1. The van der Waals surface area contributed by atoms with Crippen molar-refractivity contribution in [3.63, 3.8) is 0 Å². The zero-order valence-corrected chi connectivity index (χ0v) is 16.9. The van der Waals surface area contributed by atoms with E-state index in [1.807, 2.05) is 42.2 Å². The molecule has 0 saturated carbocycles. The normalized spacial score (nSPS) is 14.0. The van der Waals surface area contributed by atoms with Gasteiger partial charge in [0, 0.05) is 50.8 Å². The molecule has 0 radical (unpaired) electrons. The Kier molecular flexibility index (Phi) is 5.52. The Morgan fingerprint density at radius 2 is 1.84 bits per heavy atom. The lowest BCUT2D eigenvalue weighted by Crippen LogP contribution is -2.50. The largest absolute Gasteiger partial charge is 0.545 e. The van der Waals surface area contributed by atoms with Crippen molar-refractivity contribution < 1.29 is 14.7 Å². The molecule has 0 aliphatic carbocycles. The third kappa shape index (κ3) is 4.04. The molecule has 0 unspecified atom stereocenters. The van der Waals surface area contributed by atoms with E-state index < -0.39 is 17.0 Å². The van der Waals surface area contributed by atoms with Crippen LogP contribution in [0.15, 0.2) is 47.5 Å². The van der Waals surface area contributed by atoms with E-state index in [1.54, 1.807) is 9.47 Å². The Morgan fingerprint density at radius 3 is 2.48 bits per heavy atom. The molecule has 160 valence electrons. The highest BCUT2D eigenvalue weighted by Gasteiger charge is 2.23. The summed E-state index contributed by atoms with van der Waals surface area (Å²) in [6, 6.07) is 9.09. The van der Waals surface area contributed by atoms with Gasteiger partial charge in [-0.25, -0.2) is 9.78 Å². The molecular formula is C21H21N6O4-. The summed E-state index contributed by atoms with van der Waals surface area (Å²) in [6.07, 6.45) is 2.61. The SMILES string of the molecule is CCn1cc(C(=O)[O-])c(=O)c2cnc(N3CCN(C(=O)Nc4ccccc4)CC3)nc21. The number of carbonyl (C=O) groups excluding carboxylic acids is 2. The molecule has 2 amide bonds. The van der Waals surface area contributed by atoms with Crippen molar-refractivity contribution >= 4 is 34.7 Å². The first-order valence-corrected chi connectivity index (χ1v) is 9.95. The minimum atomic E-state index is -1.52. The average Bonchev–Trinajstić information content (AvgIpc) is 2.79. The Hall–Kier alpha value is -3.95. The summed E-state index contributed by atoms with van der Waals surface area (Å²) < 4.78 is 1.59. The number of urea groups is 1. The van der Waals surface area contributed by atoms with Gasteiger partial charge in [0.1, 0.15) is 5.65 Å². The van der Waals surface area contributed by atoms with Crippen molar-refractivity contribution in [2.45, 2.75) is 13.5 Å². The number of nitrogens with one attached hydrogen (secondary N) is 1. The van der Waals surface area contributed by atoms with Crippen LogP contribution in [0.5, 0.6) is 0 Å². The number of anilines is 2. The lowest BCUT2D eigenvalue weighted by Gasteiger charge is -2.34. The van der Waals surface area contributed by atoms with E-state index in [0.29, 0.717) is 44.3 Å². The van der Waals surface area contributed by atoms with Crippen LogP contribution in [-0.2, 0) is 6.54 Å². The number of fused-ring (bicyclic) bond motifs is 1. The fourth-order valence-electron chi connectivity index (χ4n) is 3.54. The Morgan fingerprint density at radius 1 is 1.13 bits per heavy atom. The minimum Gasteiger partial charge on any atom is -0.545 e. The predicted molar refractivity (Wildman–Crippen MR) is 113 cm³/mol. The molecule has 0 bridgehead atoms. The lowest BCUT2D eigenvalue weighted by molar-refractivity contribution is -0.255. The van der Waals surface area contributed by atoms with E-state index in [4.69, 9.17) is 0 Å². The Balaban J connectivity index is 1.51. The number of pyridine rings is 1. The molecule has 1 N–H and O–H groups in total. The average molecular weight is 421 g/mol. The van der Waals surface area contributed by atoms with Gasteiger partial charge in [0.2, 0.25) is 11.4 Å². The van der Waals surface area contributed by atoms with Crippen LogP contribution in [0.4, 0.5) is 16.4 Å². The zero-order valence-electron chi connectivity index (χ0n) is 16.9. The highest BCUT2D eigenvalue weighted by molar-refractivity contribution is 5.90. The highest BCUT2D eigenvalue weighted by atomic mass is 16.4. The van der Waals surface area contributed by atoms with Gasteiger partial charge >= 0.3 is 6.03 Å². The zero-order chi connectivity index (χ0) is 22.0. The van der Waals surface area contributed by atoms with Crippen molar-refractivity contribution in [2.24, 2.45) is 0 Å². The number of aryl methyl sites for hydroxylation is 1. The molecule has 10 heteroatoms. The van der Waals surface area contributed by atoms with Crippen molar-refractivity contribution in [1.82, 2.24) is 19.4 Å². The lowest BCUT2D eigenvalue weighted by atomic mass is 10.2. The van der Waals surface area contributed by atoms with E-state index in [9.17, 15) is 19.5 Å². The molecule has 31 heavy (non-hydrogen) atoms. The summed E-state index contributed by atoms with van der Waals surface area (Å²) in [5.41, 5.74) is 0.0328. The highest BCUT2D eigenvalue weighted by Crippen LogP contribution is 2.16. The summed E-state index contributed by atoms with van der Waals surface area (Å²) in [6.45, 7) is 4.30. The van der Waals surface area contributed by atoms with Gasteiger partial charge in [-0.3, -0.25) is 4.79 Å². The maximum atomic E-state index is 12.5. The van der Waals surface area contributed by atoms with Gasteiger partial charge in [-0.15, -0.1) is 0 Å². The number of piperazine rings is 1. The van der Waals surface area contributed by atoms with E-state index in [0.717, 1.165) is 5.69 Å². The quantitative estimate of drug-likeness (QED) is 0.652. The number of hydrogen-bond acceptors (Lipinski definition) is 7. The van der Waals surface area contributed by atoms with E-state index in [-0.39, 0.29) is 11.4 Å². The first kappa shape index (κ1) is 20.3. The number of carbonyl (C=O) groups is 2. The number of carboxylic acid groups (broad SMARTS) is 1. The minimum absolute atomic E-state index is 0.133. The van der Waals surface area contributed by atoms with Gasteiger partial charge in [-0.05, 0) is 19.1 Å². The van der Waals surface area contributed by atoms with Crippen LogP contribution in [0.1, 0.15) is 17.3 Å². The first-order chi connectivity index (χ1) is 15.0. The van der Waals surface area contributed by atoms with Gasteiger partial charge in [0.15, 0.2) is 0 Å². The van der Waals surface area contributed by atoms with Crippen LogP contribution in [0, 0.1) is 0 Å². The Labute approximate surface area is 177 Å². The van der Waals surface area contributed by atoms with Crippen molar-refractivity contribution in [3.8, 4) is 0 Å². The number of rotatable bonds is 4. The van der Waals surface area contributed by atoms with E-state index in [1.165, 1.54) is 12.4 Å². The second-order valence-corrected chi connectivity index (χ2v) is 7.12. The fraction of sp³-hybridized carbons (Fsp3) is 0.286. The first-order valence-electron chi connectivity index (χ1n) is 9.95. The number of benzene rings is 1. The summed E-state index contributed by atoms with van der Waals surface area (Å²) >= 11 is 0. The summed E-state index contributed by atoms with van der Waals surface area (Å²) in [5, 5.41) is 14.2. The molecule has 1 fully saturated rings. The number of hydrogen-bond donors (Lipinski definition) is 1. The van der Waals surface area contributed by atoms with Crippen LogP contribution >= 0.6 is 0 Å². The third-order valence-electron chi connectivity index (χ3n) is 5.24. The van der Waals surface area contributed by atoms with Gasteiger partial charge < -0.3 is 29.6 Å². The fourth-order valence-corrected chi connectivity index (χ4v) is 3.54. The molecular weight excluding hydrogens is 400 g/mol. The van der Waals surface area contributed by atoms with E-state index >= 15 is 0 Å². The Bertz CT molecular complexity index is 1190.